The van der Waals surface area contributed by atoms with Gasteiger partial charge in [-0.1, -0.05) is 25.5 Å². The summed E-state index contributed by atoms with van der Waals surface area (Å²) in [7, 11) is 0. The van der Waals surface area contributed by atoms with Gasteiger partial charge in [-0.25, -0.2) is 4.79 Å². The number of phenolic OH excluding ortho intramolecular Hbond substituents is 1. The molecule has 0 saturated carbocycles. The van der Waals surface area contributed by atoms with Crippen LogP contribution in [0, 0.1) is 0 Å². The minimum Gasteiger partial charge on any atom is -0.508 e. The van der Waals surface area contributed by atoms with E-state index < -0.39 is 5.97 Å². The van der Waals surface area contributed by atoms with Gasteiger partial charge in [0.25, 0.3) is 0 Å². The first-order valence-corrected chi connectivity index (χ1v) is 5.92. The van der Waals surface area contributed by atoms with Crippen LogP contribution in [-0.4, -0.2) is 22.7 Å². The molecule has 4 heteroatoms. The zero-order valence-corrected chi connectivity index (χ0v) is 10.9. The van der Waals surface area contributed by atoms with Crippen molar-refractivity contribution in [2.75, 3.05) is 6.54 Å². The second kappa shape index (κ2) is 9.24. The largest absolute Gasteiger partial charge is 0.508 e. The number of carboxylic acid groups (broad SMARTS) is 1. The quantitative estimate of drug-likeness (QED) is 0.718. The van der Waals surface area contributed by atoms with Crippen molar-refractivity contribution in [1.29, 1.82) is 0 Å². The summed E-state index contributed by atoms with van der Waals surface area (Å²) in [6.07, 6.45) is 3.93. The summed E-state index contributed by atoms with van der Waals surface area (Å²) in [5.41, 5.74) is 6.17. The summed E-state index contributed by atoms with van der Waals surface area (Å²) < 4.78 is 0. The van der Waals surface area contributed by atoms with Gasteiger partial charge in [0.1, 0.15) is 5.75 Å². The Morgan fingerprint density at radius 3 is 2.22 bits per heavy atom. The van der Waals surface area contributed by atoms with Crippen molar-refractivity contribution in [3.63, 3.8) is 0 Å². The van der Waals surface area contributed by atoms with Crippen LogP contribution in [0.4, 0.5) is 0 Å². The minimum atomic E-state index is -0.937. The van der Waals surface area contributed by atoms with E-state index in [-0.39, 0.29) is 11.3 Å². The molecule has 0 fully saturated rings. The number of benzene rings is 1. The minimum absolute atomic E-state index is 0.171. The molecule has 0 amide bonds. The zero-order valence-electron chi connectivity index (χ0n) is 10.9. The second-order valence-corrected chi connectivity index (χ2v) is 3.87. The van der Waals surface area contributed by atoms with Gasteiger partial charge in [0.05, 0.1) is 0 Å². The van der Waals surface area contributed by atoms with Gasteiger partial charge >= 0.3 is 5.97 Å². The van der Waals surface area contributed by atoms with Crippen LogP contribution < -0.4 is 5.73 Å². The Kier molecular flexibility index (Phi) is 8.31. The van der Waals surface area contributed by atoms with Crippen molar-refractivity contribution >= 4 is 12.0 Å². The topological polar surface area (TPSA) is 83.5 Å². The van der Waals surface area contributed by atoms with Crippen molar-refractivity contribution in [2.24, 2.45) is 5.73 Å². The number of nitrogens with two attached hydrogens (primary N) is 1. The molecule has 0 aliphatic carbocycles. The monoisotopic (exact) mass is 251 g/mol. The molecule has 0 unspecified atom stereocenters. The number of unbranched alkanes of at least 4 members (excludes halogenated alkanes) is 1. The van der Waals surface area contributed by atoms with E-state index >= 15 is 0 Å². The number of hydrogen-bond donors (Lipinski definition) is 3. The Bertz CT molecular complexity index is 381. The van der Waals surface area contributed by atoms with E-state index in [1.807, 2.05) is 0 Å². The lowest BCUT2D eigenvalue weighted by Gasteiger charge is -1.95. The van der Waals surface area contributed by atoms with Crippen LogP contribution >= 0.6 is 0 Å². The van der Waals surface area contributed by atoms with E-state index in [0.717, 1.165) is 12.1 Å². The summed E-state index contributed by atoms with van der Waals surface area (Å²) in [4.78, 5) is 10.5. The van der Waals surface area contributed by atoms with E-state index in [1.165, 1.54) is 31.9 Å². The Morgan fingerprint density at radius 1 is 1.33 bits per heavy atom. The molecule has 0 aliphatic heterocycles. The Hall–Kier alpha value is -1.81. The molecule has 18 heavy (non-hydrogen) atoms. The van der Waals surface area contributed by atoms with Crippen molar-refractivity contribution in [1.82, 2.24) is 0 Å². The average Bonchev–Trinajstić information content (AvgIpc) is 2.34. The van der Waals surface area contributed by atoms with Gasteiger partial charge in [0.15, 0.2) is 0 Å². The first-order valence-electron chi connectivity index (χ1n) is 5.92. The SMILES string of the molecule is CC(=Cc1ccc(O)cc1)C(=O)O.CCCCN. The number of carboxylic acids is 1. The maximum atomic E-state index is 10.5. The van der Waals surface area contributed by atoms with Gasteiger partial charge in [0, 0.05) is 5.57 Å². The van der Waals surface area contributed by atoms with Crippen LogP contribution in [0.1, 0.15) is 32.3 Å². The standard InChI is InChI=1S/C10H10O3.C4H11N/c1-7(10(12)13)6-8-2-4-9(11)5-3-8;1-2-3-4-5/h2-6,11H,1H3,(H,12,13);2-5H2,1H3. The first-order chi connectivity index (χ1) is 8.51. The average molecular weight is 251 g/mol. The fourth-order valence-electron chi connectivity index (χ4n) is 1.09. The highest BCUT2D eigenvalue weighted by molar-refractivity contribution is 5.91. The summed E-state index contributed by atoms with van der Waals surface area (Å²) >= 11 is 0. The molecule has 0 atom stereocenters. The van der Waals surface area contributed by atoms with E-state index in [4.69, 9.17) is 15.9 Å². The van der Waals surface area contributed by atoms with Gasteiger partial charge in [-0.3, -0.25) is 0 Å². The van der Waals surface area contributed by atoms with Crippen LogP contribution in [0.2, 0.25) is 0 Å². The van der Waals surface area contributed by atoms with Crippen LogP contribution in [0.5, 0.6) is 5.75 Å². The van der Waals surface area contributed by atoms with Crippen molar-refractivity contribution in [2.45, 2.75) is 26.7 Å². The predicted octanol–water partition coefficient (Wildman–Crippen LogP) is 2.63. The highest BCUT2D eigenvalue weighted by atomic mass is 16.4. The molecule has 1 rings (SSSR count). The molecule has 4 N–H and O–H groups in total. The molecule has 4 nitrogen and oxygen atoms in total. The fraction of sp³-hybridized carbons (Fsp3) is 0.357. The van der Waals surface area contributed by atoms with Gasteiger partial charge in [-0.15, -0.1) is 0 Å². The summed E-state index contributed by atoms with van der Waals surface area (Å²) in [5.74, 6) is -0.766. The van der Waals surface area contributed by atoms with E-state index in [9.17, 15) is 4.79 Å². The number of carbonyl (C=O) groups is 1. The number of aliphatic carboxylic acids is 1. The highest BCUT2D eigenvalue weighted by Crippen LogP contribution is 2.12. The van der Waals surface area contributed by atoms with Gasteiger partial charge in [0.2, 0.25) is 0 Å². The third kappa shape index (κ3) is 7.46. The lowest BCUT2D eigenvalue weighted by molar-refractivity contribution is -0.132. The van der Waals surface area contributed by atoms with Crippen LogP contribution in [0.25, 0.3) is 6.08 Å². The molecule has 1 aromatic carbocycles. The molecule has 0 radical (unpaired) electrons. The van der Waals surface area contributed by atoms with E-state index in [2.05, 4.69) is 6.92 Å². The lowest BCUT2D eigenvalue weighted by atomic mass is 10.1. The smallest absolute Gasteiger partial charge is 0.331 e. The summed E-state index contributed by atoms with van der Waals surface area (Å²) in [6.45, 7) is 4.50. The molecule has 100 valence electrons. The molecule has 0 spiro atoms. The van der Waals surface area contributed by atoms with Crippen molar-refractivity contribution in [3.8, 4) is 5.75 Å². The van der Waals surface area contributed by atoms with Crippen LogP contribution in [0.3, 0.4) is 0 Å². The predicted molar refractivity (Wildman–Crippen MR) is 73.4 cm³/mol. The summed E-state index contributed by atoms with van der Waals surface area (Å²) in [5, 5.41) is 17.5. The fourth-order valence-corrected chi connectivity index (χ4v) is 1.09. The van der Waals surface area contributed by atoms with E-state index in [1.54, 1.807) is 18.2 Å². The molecular formula is C14H21NO3. The third-order valence-electron chi connectivity index (χ3n) is 2.17. The molecule has 0 aromatic heterocycles. The Balaban J connectivity index is 0.000000494. The van der Waals surface area contributed by atoms with Gasteiger partial charge < -0.3 is 15.9 Å². The van der Waals surface area contributed by atoms with Crippen molar-refractivity contribution in [3.05, 3.63) is 35.4 Å². The second-order valence-electron chi connectivity index (χ2n) is 3.87. The van der Waals surface area contributed by atoms with E-state index in [0.29, 0.717) is 0 Å². The molecule has 0 bridgehead atoms. The zero-order chi connectivity index (χ0) is 14.0. The molecule has 1 aromatic rings. The number of hydrogen-bond acceptors (Lipinski definition) is 3. The molecule has 0 saturated heterocycles. The molecule has 0 heterocycles. The Labute approximate surface area is 108 Å². The van der Waals surface area contributed by atoms with Gasteiger partial charge in [-0.2, -0.15) is 0 Å². The first kappa shape index (κ1) is 16.2. The highest BCUT2D eigenvalue weighted by Gasteiger charge is 1.99. The number of rotatable bonds is 4. The third-order valence-corrected chi connectivity index (χ3v) is 2.17. The normalized spacial score (nSPS) is 10.5. The van der Waals surface area contributed by atoms with Crippen LogP contribution in [0.15, 0.2) is 29.8 Å². The maximum Gasteiger partial charge on any atom is 0.331 e. The number of phenols is 1. The number of aromatic hydroxyl groups is 1. The molecule has 0 aliphatic rings. The van der Waals surface area contributed by atoms with Crippen LogP contribution in [-0.2, 0) is 4.79 Å². The lowest BCUT2D eigenvalue weighted by Crippen LogP contribution is -1.95. The summed E-state index contributed by atoms with van der Waals surface area (Å²) in [6, 6.07) is 6.34. The molecular weight excluding hydrogens is 230 g/mol. The van der Waals surface area contributed by atoms with Crippen molar-refractivity contribution < 1.29 is 15.0 Å². The maximum absolute atomic E-state index is 10.5. The van der Waals surface area contributed by atoms with Gasteiger partial charge in [-0.05, 0) is 43.7 Å². The Morgan fingerprint density at radius 2 is 1.89 bits per heavy atom.